The van der Waals surface area contributed by atoms with Crippen LogP contribution in [-0.2, 0) is 11.3 Å². The second kappa shape index (κ2) is 9.09. The van der Waals surface area contributed by atoms with Gasteiger partial charge in [-0.2, -0.15) is 0 Å². The van der Waals surface area contributed by atoms with Crippen molar-refractivity contribution in [2.24, 2.45) is 0 Å². The van der Waals surface area contributed by atoms with Crippen molar-refractivity contribution >= 4 is 11.9 Å². The summed E-state index contributed by atoms with van der Waals surface area (Å²) in [6, 6.07) is 5.80. The van der Waals surface area contributed by atoms with Gasteiger partial charge < -0.3 is 15.5 Å². The number of hydrogen-bond acceptors (Lipinski definition) is 3. The summed E-state index contributed by atoms with van der Waals surface area (Å²) in [4.78, 5) is 26.8. The molecule has 1 atom stereocenters. The van der Waals surface area contributed by atoms with Crippen LogP contribution in [0, 0.1) is 5.82 Å². The van der Waals surface area contributed by atoms with Gasteiger partial charge in [-0.1, -0.05) is 18.2 Å². The molecular weight excluding hydrogens is 299 g/mol. The van der Waals surface area contributed by atoms with Crippen LogP contribution in [0.1, 0.15) is 12.5 Å². The molecule has 0 unspecified atom stereocenters. The third-order valence-electron chi connectivity index (χ3n) is 3.60. The van der Waals surface area contributed by atoms with Crippen molar-refractivity contribution in [3.8, 4) is 0 Å². The second-order valence-corrected chi connectivity index (χ2v) is 5.59. The number of carbonyl (C=O) groups is 2. The van der Waals surface area contributed by atoms with Gasteiger partial charge in [0.15, 0.2) is 0 Å². The summed E-state index contributed by atoms with van der Waals surface area (Å²) in [6.07, 6.45) is 0. The predicted molar refractivity (Wildman–Crippen MR) is 87.4 cm³/mol. The van der Waals surface area contributed by atoms with Gasteiger partial charge in [-0.15, -0.1) is 0 Å². The van der Waals surface area contributed by atoms with Crippen LogP contribution >= 0.6 is 0 Å². The highest BCUT2D eigenvalue weighted by Gasteiger charge is 2.18. The Morgan fingerprint density at radius 1 is 1.17 bits per heavy atom. The molecule has 1 aromatic carbocycles. The number of nitrogens with zero attached hydrogens (tertiary/aromatic N) is 2. The molecule has 0 heterocycles. The Balaban J connectivity index is 2.37. The molecule has 3 amide bonds. The summed E-state index contributed by atoms with van der Waals surface area (Å²) in [6.45, 7) is 2.90. The lowest BCUT2D eigenvalue weighted by molar-refractivity contribution is -0.125. The van der Waals surface area contributed by atoms with E-state index in [1.54, 1.807) is 46.3 Å². The van der Waals surface area contributed by atoms with E-state index in [9.17, 15) is 14.0 Å². The highest BCUT2D eigenvalue weighted by atomic mass is 19.1. The van der Waals surface area contributed by atoms with Crippen LogP contribution in [-0.4, -0.2) is 62.0 Å². The molecule has 0 bridgehead atoms. The van der Waals surface area contributed by atoms with Crippen LogP contribution in [0.5, 0.6) is 0 Å². The lowest BCUT2D eigenvalue weighted by Gasteiger charge is -2.24. The van der Waals surface area contributed by atoms with Gasteiger partial charge in [0.2, 0.25) is 5.91 Å². The average Bonchev–Trinajstić information content (AvgIpc) is 2.52. The predicted octanol–water partition coefficient (Wildman–Crippen LogP) is 1.03. The van der Waals surface area contributed by atoms with E-state index in [0.717, 1.165) is 0 Å². The van der Waals surface area contributed by atoms with E-state index in [-0.39, 0.29) is 30.3 Å². The minimum Gasteiger partial charge on any atom is -0.351 e. The molecule has 1 rings (SSSR count). The molecule has 6 nitrogen and oxygen atoms in total. The number of nitrogens with one attached hydrogen (secondary N) is 2. The van der Waals surface area contributed by atoms with Crippen LogP contribution in [0.15, 0.2) is 24.3 Å². The van der Waals surface area contributed by atoms with E-state index in [1.807, 2.05) is 4.90 Å². The minimum atomic E-state index is -0.377. The van der Waals surface area contributed by atoms with Gasteiger partial charge >= 0.3 is 6.03 Å². The highest BCUT2D eigenvalue weighted by molar-refractivity contribution is 5.81. The van der Waals surface area contributed by atoms with E-state index in [0.29, 0.717) is 18.7 Å². The van der Waals surface area contributed by atoms with Crippen LogP contribution in [0.3, 0.4) is 0 Å². The van der Waals surface area contributed by atoms with Gasteiger partial charge in [-0.25, -0.2) is 9.18 Å². The molecule has 1 aromatic rings. The maximum absolute atomic E-state index is 13.5. The summed E-state index contributed by atoms with van der Waals surface area (Å²) in [7, 11) is 5.13. The summed E-state index contributed by atoms with van der Waals surface area (Å²) in [5.74, 6) is -0.519. The largest absolute Gasteiger partial charge is 0.351 e. The Morgan fingerprint density at radius 2 is 1.83 bits per heavy atom. The van der Waals surface area contributed by atoms with Gasteiger partial charge in [-0.05, 0) is 20.0 Å². The number of rotatable bonds is 7. The summed E-state index contributed by atoms with van der Waals surface area (Å²) in [5.41, 5.74) is 0.453. The van der Waals surface area contributed by atoms with Gasteiger partial charge in [0.05, 0.1) is 6.04 Å². The standard InChI is InChI=1S/C16H25FN4O2/c1-12(21(4)10-9-18-16(23)20(2)3)15(22)19-11-13-7-5-6-8-14(13)17/h5-8,12H,9-11H2,1-4H3,(H,18,23)(H,19,22)/t12-/m1/s1. The Hall–Kier alpha value is -2.15. The van der Waals surface area contributed by atoms with Gasteiger partial charge in [-0.3, -0.25) is 9.69 Å². The number of benzene rings is 1. The number of amides is 3. The summed E-state index contributed by atoms with van der Waals surface area (Å²) >= 11 is 0. The molecule has 0 radical (unpaired) electrons. The fourth-order valence-electron chi connectivity index (χ4n) is 1.86. The minimum absolute atomic E-state index is 0.154. The van der Waals surface area contributed by atoms with Crippen LogP contribution in [0.2, 0.25) is 0 Å². The first-order valence-corrected chi connectivity index (χ1v) is 7.49. The van der Waals surface area contributed by atoms with Crippen molar-refractivity contribution in [2.75, 3.05) is 34.2 Å². The molecule has 0 aliphatic heterocycles. The summed E-state index contributed by atoms with van der Waals surface area (Å²) in [5, 5.41) is 5.46. The van der Waals surface area contributed by atoms with Gasteiger partial charge in [0.25, 0.3) is 0 Å². The molecule has 0 aliphatic carbocycles. The number of urea groups is 1. The first-order valence-electron chi connectivity index (χ1n) is 7.49. The maximum atomic E-state index is 13.5. The first kappa shape index (κ1) is 18.9. The number of likely N-dealkylation sites (N-methyl/N-ethyl adjacent to an activating group) is 1. The molecule has 23 heavy (non-hydrogen) atoms. The van der Waals surface area contributed by atoms with E-state index >= 15 is 0 Å². The molecule has 0 fully saturated rings. The number of carbonyl (C=O) groups excluding carboxylic acids is 2. The zero-order valence-electron chi connectivity index (χ0n) is 14.1. The van der Waals surface area contributed by atoms with Crippen molar-refractivity contribution in [1.82, 2.24) is 20.4 Å². The van der Waals surface area contributed by atoms with Crippen LogP contribution < -0.4 is 10.6 Å². The smallest absolute Gasteiger partial charge is 0.316 e. The molecule has 7 heteroatoms. The molecule has 0 saturated carbocycles. The Labute approximate surface area is 136 Å². The van der Waals surface area contributed by atoms with Crippen LogP contribution in [0.25, 0.3) is 0 Å². The Morgan fingerprint density at radius 3 is 2.43 bits per heavy atom. The zero-order chi connectivity index (χ0) is 17.4. The summed E-state index contributed by atoms with van der Waals surface area (Å²) < 4.78 is 13.5. The maximum Gasteiger partial charge on any atom is 0.316 e. The van der Waals surface area contributed by atoms with Crippen molar-refractivity contribution in [3.63, 3.8) is 0 Å². The lowest BCUT2D eigenvalue weighted by atomic mass is 10.2. The fraction of sp³-hybridized carbons (Fsp3) is 0.500. The topological polar surface area (TPSA) is 64.7 Å². The normalized spacial score (nSPS) is 11.9. The highest BCUT2D eigenvalue weighted by Crippen LogP contribution is 2.06. The van der Waals surface area contributed by atoms with E-state index in [2.05, 4.69) is 10.6 Å². The van der Waals surface area contributed by atoms with Crippen molar-refractivity contribution in [3.05, 3.63) is 35.6 Å². The number of hydrogen-bond donors (Lipinski definition) is 2. The quantitative estimate of drug-likeness (QED) is 0.787. The Kier molecular flexibility index (Phi) is 7.47. The number of halogens is 1. The fourth-order valence-corrected chi connectivity index (χ4v) is 1.86. The molecular formula is C16H25FN4O2. The van der Waals surface area contributed by atoms with Crippen LogP contribution in [0.4, 0.5) is 9.18 Å². The van der Waals surface area contributed by atoms with Gasteiger partial charge in [0.1, 0.15) is 5.82 Å². The molecule has 128 valence electrons. The molecule has 0 saturated heterocycles. The molecule has 0 aliphatic rings. The third-order valence-corrected chi connectivity index (χ3v) is 3.60. The second-order valence-electron chi connectivity index (χ2n) is 5.59. The molecule has 2 N–H and O–H groups in total. The zero-order valence-corrected chi connectivity index (χ0v) is 14.1. The molecule has 0 aromatic heterocycles. The van der Waals surface area contributed by atoms with E-state index in [4.69, 9.17) is 0 Å². The molecule has 0 spiro atoms. The van der Waals surface area contributed by atoms with Crippen molar-refractivity contribution < 1.29 is 14.0 Å². The van der Waals surface area contributed by atoms with E-state index in [1.165, 1.54) is 11.0 Å². The first-order chi connectivity index (χ1) is 10.8. The average molecular weight is 324 g/mol. The monoisotopic (exact) mass is 324 g/mol. The van der Waals surface area contributed by atoms with E-state index < -0.39 is 0 Å². The lowest BCUT2D eigenvalue weighted by Crippen LogP contribution is -2.46. The Bertz CT molecular complexity index is 537. The van der Waals surface area contributed by atoms with Gasteiger partial charge in [0, 0.05) is 39.3 Å². The van der Waals surface area contributed by atoms with Crippen molar-refractivity contribution in [1.29, 1.82) is 0 Å². The third kappa shape index (κ3) is 6.23. The SMILES string of the molecule is C[C@H](C(=O)NCc1ccccc1F)N(C)CCNC(=O)N(C)C. The van der Waals surface area contributed by atoms with Crippen molar-refractivity contribution in [2.45, 2.75) is 19.5 Å².